The summed E-state index contributed by atoms with van der Waals surface area (Å²) >= 11 is 5.78. The van der Waals surface area contributed by atoms with Gasteiger partial charge in [-0.05, 0) is 44.0 Å². The molecule has 1 atom stereocenters. The van der Waals surface area contributed by atoms with Gasteiger partial charge in [-0.1, -0.05) is 11.6 Å². The topological polar surface area (TPSA) is 38.8 Å². The van der Waals surface area contributed by atoms with Crippen LogP contribution in [0.25, 0.3) is 0 Å². The van der Waals surface area contributed by atoms with Crippen molar-refractivity contribution >= 4 is 17.5 Å². The zero-order chi connectivity index (χ0) is 13.0. The van der Waals surface area contributed by atoms with Gasteiger partial charge in [0.15, 0.2) is 6.10 Å². The van der Waals surface area contributed by atoms with Gasteiger partial charge in [0.25, 0.3) is 5.91 Å². The zero-order valence-electron chi connectivity index (χ0n) is 10.3. The van der Waals surface area contributed by atoms with Crippen molar-refractivity contribution in [1.29, 1.82) is 0 Å². The molecule has 1 amide bonds. The van der Waals surface area contributed by atoms with Gasteiger partial charge in [0.1, 0.15) is 5.75 Å². The lowest BCUT2D eigenvalue weighted by molar-refractivity contribution is -0.202. The number of halogens is 1. The molecule has 2 rings (SSSR count). The maximum atomic E-state index is 12.0. The monoisotopic (exact) mass is 269 g/mol. The lowest BCUT2D eigenvalue weighted by atomic mass is 10.2. The molecule has 5 heteroatoms. The maximum Gasteiger partial charge on any atom is 0.286 e. The predicted octanol–water partition coefficient (Wildman–Crippen LogP) is 2.66. The lowest BCUT2D eigenvalue weighted by Crippen LogP contribution is -2.43. The molecule has 0 spiro atoms. The van der Waals surface area contributed by atoms with Gasteiger partial charge in [0, 0.05) is 11.6 Å². The summed E-state index contributed by atoms with van der Waals surface area (Å²) in [5, 5.41) is 2.03. The molecule has 98 valence electrons. The third-order valence-electron chi connectivity index (χ3n) is 2.72. The van der Waals surface area contributed by atoms with Crippen LogP contribution >= 0.6 is 11.6 Å². The highest BCUT2D eigenvalue weighted by Gasteiger charge is 2.24. The highest BCUT2D eigenvalue weighted by Crippen LogP contribution is 2.18. The molecule has 4 nitrogen and oxygen atoms in total. The van der Waals surface area contributed by atoms with Gasteiger partial charge in [0.2, 0.25) is 0 Å². The minimum Gasteiger partial charge on any atom is -0.481 e. The Morgan fingerprint density at radius 1 is 1.39 bits per heavy atom. The lowest BCUT2D eigenvalue weighted by Gasteiger charge is -2.28. The van der Waals surface area contributed by atoms with E-state index in [0.717, 1.165) is 12.8 Å². The molecule has 0 saturated carbocycles. The van der Waals surface area contributed by atoms with E-state index >= 15 is 0 Å². The van der Waals surface area contributed by atoms with Gasteiger partial charge >= 0.3 is 0 Å². The summed E-state index contributed by atoms with van der Waals surface area (Å²) in [5.41, 5.74) is 0. The van der Waals surface area contributed by atoms with E-state index in [1.165, 1.54) is 5.06 Å². The summed E-state index contributed by atoms with van der Waals surface area (Å²) in [5.74, 6) is 0.474. The van der Waals surface area contributed by atoms with E-state index in [1.807, 2.05) is 0 Å². The van der Waals surface area contributed by atoms with Crippen molar-refractivity contribution in [3.8, 4) is 5.75 Å². The van der Waals surface area contributed by atoms with Gasteiger partial charge in [-0.3, -0.25) is 9.63 Å². The Hall–Kier alpha value is -1.26. The van der Waals surface area contributed by atoms with Crippen LogP contribution in [0.2, 0.25) is 5.02 Å². The van der Waals surface area contributed by atoms with E-state index < -0.39 is 6.10 Å². The standard InChI is InChI=1S/C13H16ClNO3/c1-10(13(16)15-8-2-3-9-17-15)18-12-6-4-11(14)5-7-12/h4-7,10H,2-3,8-9H2,1H3. The number of hydrogen-bond donors (Lipinski definition) is 0. The summed E-state index contributed by atoms with van der Waals surface area (Å²) < 4.78 is 5.55. The van der Waals surface area contributed by atoms with Crippen LogP contribution in [0.1, 0.15) is 19.8 Å². The largest absolute Gasteiger partial charge is 0.481 e. The van der Waals surface area contributed by atoms with Crippen molar-refractivity contribution in [2.24, 2.45) is 0 Å². The Labute approximate surface area is 111 Å². The molecule has 1 aromatic carbocycles. The molecule has 1 aromatic rings. The van der Waals surface area contributed by atoms with Crippen LogP contribution in [-0.4, -0.2) is 30.2 Å². The van der Waals surface area contributed by atoms with Crippen molar-refractivity contribution in [1.82, 2.24) is 5.06 Å². The number of amides is 1. The van der Waals surface area contributed by atoms with Crippen LogP contribution in [0.4, 0.5) is 0 Å². The molecule has 0 aliphatic carbocycles. The molecular formula is C13H16ClNO3. The van der Waals surface area contributed by atoms with Crippen molar-refractivity contribution in [2.45, 2.75) is 25.9 Å². The molecule has 1 fully saturated rings. The van der Waals surface area contributed by atoms with Gasteiger partial charge in [0.05, 0.1) is 6.61 Å². The highest BCUT2D eigenvalue weighted by atomic mass is 35.5. The molecule has 18 heavy (non-hydrogen) atoms. The number of benzene rings is 1. The number of carbonyl (C=O) groups is 1. The molecule has 0 bridgehead atoms. The molecule has 0 radical (unpaired) electrons. The van der Waals surface area contributed by atoms with E-state index in [4.69, 9.17) is 21.2 Å². The first-order valence-corrected chi connectivity index (χ1v) is 6.41. The molecule has 1 heterocycles. The maximum absolute atomic E-state index is 12.0. The van der Waals surface area contributed by atoms with E-state index in [-0.39, 0.29) is 5.91 Å². The predicted molar refractivity (Wildman–Crippen MR) is 68.4 cm³/mol. The molecule has 0 N–H and O–H groups in total. The van der Waals surface area contributed by atoms with Crippen molar-refractivity contribution in [3.63, 3.8) is 0 Å². The smallest absolute Gasteiger partial charge is 0.286 e. The zero-order valence-corrected chi connectivity index (χ0v) is 11.0. The normalized spacial score (nSPS) is 17.3. The fourth-order valence-electron chi connectivity index (χ4n) is 1.74. The quantitative estimate of drug-likeness (QED) is 0.847. The average molecular weight is 270 g/mol. The van der Waals surface area contributed by atoms with Crippen LogP contribution in [0.3, 0.4) is 0 Å². The first-order valence-electron chi connectivity index (χ1n) is 6.03. The Morgan fingerprint density at radius 3 is 2.72 bits per heavy atom. The van der Waals surface area contributed by atoms with Crippen LogP contribution in [0.15, 0.2) is 24.3 Å². The number of carbonyl (C=O) groups excluding carboxylic acids is 1. The third kappa shape index (κ3) is 3.37. The van der Waals surface area contributed by atoms with Gasteiger partial charge in [-0.2, -0.15) is 0 Å². The Bertz CT molecular complexity index is 401. The Kier molecular flexibility index (Phi) is 4.44. The fraction of sp³-hybridized carbons (Fsp3) is 0.462. The van der Waals surface area contributed by atoms with E-state index in [9.17, 15) is 4.79 Å². The fourth-order valence-corrected chi connectivity index (χ4v) is 1.87. The second-order valence-corrected chi connectivity index (χ2v) is 4.63. The molecule has 0 aromatic heterocycles. The number of rotatable bonds is 3. The van der Waals surface area contributed by atoms with E-state index in [2.05, 4.69) is 0 Å². The van der Waals surface area contributed by atoms with Crippen LogP contribution in [0.5, 0.6) is 5.75 Å². The second-order valence-electron chi connectivity index (χ2n) is 4.19. The number of hydrogen-bond acceptors (Lipinski definition) is 3. The van der Waals surface area contributed by atoms with E-state index in [1.54, 1.807) is 31.2 Å². The summed E-state index contributed by atoms with van der Waals surface area (Å²) in [6, 6.07) is 6.93. The molecular weight excluding hydrogens is 254 g/mol. The van der Waals surface area contributed by atoms with Crippen LogP contribution < -0.4 is 4.74 Å². The van der Waals surface area contributed by atoms with Crippen molar-refractivity contribution < 1.29 is 14.4 Å². The highest BCUT2D eigenvalue weighted by molar-refractivity contribution is 6.30. The van der Waals surface area contributed by atoms with Crippen molar-refractivity contribution in [2.75, 3.05) is 13.2 Å². The SMILES string of the molecule is CC(Oc1ccc(Cl)cc1)C(=O)N1CCCCO1. The summed E-state index contributed by atoms with van der Waals surface area (Å²) in [6.45, 7) is 2.95. The Balaban J connectivity index is 1.92. The average Bonchev–Trinajstić information content (AvgIpc) is 2.41. The van der Waals surface area contributed by atoms with Gasteiger partial charge in [-0.15, -0.1) is 0 Å². The molecule has 1 aliphatic heterocycles. The number of hydroxylamine groups is 2. The van der Waals surface area contributed by atoms with Gasteiger partial charge < -0.3 is 4.74 Å². The molecule has 1 unspecified atom stereocenters. The van der Waals surface area contributed by atoms with Gasteiger partial charge in [-0.25, -0.2) is 5.06 Å². The Morgan fingerprint density at radius 2 is 2.11 bits per heavy atom. The van der Waals surface area contributed by atoms with Crippen LogP contribution in [-0.2, 0) is 9.63 Å². The minimum absolute atomic E-state index is 0.148. The number of nitrogens with zero attached hydrogens (tertiary/aromatic N) is 1. The third-order valence-corrected chi connectivity index (χ3v) is 2.97. The first-order chi connectivity index (χ1) is 8.66. The molecule has 1 saturated heterocycles. The first kappa shape index (κ1) is 13.2. The van der Waals surface area contributed by atoms with Crippen LogP contribution in [0, 0.1) is 0 Å². The van der Waals surface area contributed by atoms with E-state index in [0.29, 0.717) is 23.9 Å². The summed E-state index contributed by atoms with van der Waals surface area (Å²) in [6.07, 6.45) is 1.40. The number of ether oxygens (including phenoxy) is 1. The van der Waals surface area contributed by atoms with Crippen molar-refractivity contribution in [3.05, 3.63) is 29.3 Å². The molecule has 1 aliphatic rings. The summed E-state index contributed by atoms with van der Waals surface area (Å²) in [7, 11) is 0. The second kappa shape index (κ2) is 6.07. The minimum atomic E-state index is -0.565. The summed E-state index contributed by atoms with van der Waals surface area (Å²) in [4.78, 5) is 17.3.